The zero-order chi connectivity index (χ0) is 26.1. The molecule has 0 aliphatic heterocycles. The minimum atomic E-state index is -0.934. The summed E-state index contributed by atoms with van der Waals surface area (Å²) in [6, 6.07) is -0.186. The Hall–Kier alpha value is -1.75. The summed E-state index contributed by atoms with van der Waals surface area (Å²) in [5.41, 5.74) is 0. The molecule has 1 aliphatic rings. The van der Waals surface area contributed by atoms with Crippen molar-refractivity contribution in [3.8, 4) is 0 Å². The number of carbonyl (C=O) groups excluding carboxylic acids is 2. The molecule has 0 saturated heterocycles. The van der Waals surface area contributed by atoms with E-state index in [2.05, 4.69) is 31.4 Å². The number of hydrogen-bond acceptors (Lipinski definition) is 7. The summed E-state index contributed by atoms with van der Waals surface area (Å²) >= 11 is 0. The molecule has 10 heteroatoms. The van der Waals surface area contributed by atoms with E-state index in [0.717, 1.165) is 25.9 Å². The van der Waals surface area contributed by atoms with Gasteiger partial charge in [-0.2, -0.15) is 0 Å². The number of carboxylic acid groups (broad SMARTS) is 1. The highest BCUT2D eigenvalue weighted by molar-refractivity contribution is 5.77. The van der Waals surface area contributed by atoms with Crippen LogP contribution in [-0.2, 0) is 33.3 Å². The predicted molar refractivity (Wildman–Crippen MR) is 131 cm³/mol. The third-order valence-electron chi connectivity index (χ3n) is 6.40. The first-order valence-corrected chi connectivity index (χ1v) is 13.0. The van der Waals surface area contributed by atoms with Gasteiger partial charge in [0.1, 0.15) is 6.61 Å². The van der Waals surface area contributed by atoms with Crippen molar-refractivity contribution < 1.29 is 38.4 Å². The van der Waals surface area contributed by atoms with Crippen molar-refractivity contribution in [2.75, 3.05) is 52.8 Å². The van der Waals surface area contributed by atoms with Crippen molar-refractivity contribution in [1.29, 1.82) is 0 Å². The molecule has 0 unspecified atom stereocenters. The molecule has 204 valence electrons. The Morgan fingerprint density at radius 1 is 0.914 bits per heavy atom. The van der Waals surface area contributed by atoms with E-state index >= 15 is 0 Å². The van der Waals surface area contributed by atoms with E-state index in [1.54, 1.807) is 0 Å². The minimum absolute atomic E-state index is 0.146. The molecule has 0 bridgehead atoms. The Morgan fingerprint density at radius 2 is 1.51 bits per heavy atom. The summed E-state index contributed by atoms with van der Waals surface area (Å²) in [5, 5.41) is 15.5. The van der Waals surface area contributed by atoms with Gasteiger partial charge in [0, 0.05) is 32.0 Å². The van der Waals surface area contributed by atoms with Crippen molar-refractivity contribution >= 4 is 17.8 Å². The van der Waals surface area contributed by atoms with Gasteiger partial charge in [0.2, 0.25) is 11.8 Å². The molecule has 1 saturated carbocycles. The van der Waals surface area contributed by atoms with Gasteiger partial charge in [0.15, 0.2) is 0 Å². The van der Waals surface area contributed by atoms with E-state index < -0.39 is 18.0 Å². The van der Waals surface area contributed by atoms with Gasteiger partial charge >= 0.3 is 5.97 Å². The summed E-state index contributed by atoms with van der Waals surface area (Å²) < 4.78 is 22.0. The molecule has 0 aromatic heterocycles. The quantitative estimate of drug-likeness (QED) is 0.215. The minimum Gasteiger partial charge on any atom is -0.481 e. The number of amides is 2. The van der Waals surface area contributed by atoms with Crippen molar-refractivity contribution in [3.63, 3.8) is 0 Å². The first-order chi connectivity index (χ1) is 16.8. The van der Waals surface area contributed by atoms with Crippen LogP contribution in [0.2, 0.25) is 0 Å². The second kappa shape index (κ2) is 18.5. The molecule has 10 nitrogen and oxygen atoms in total. The van der Waals surface area contributed by atoms with Crippen LogP contribution in [0.4, 0.5) is 0 Å². The highest BCUT2D eigenvalue weighted by atomic mass is 16.5. The third-order valence-corrected chi connectivity index (χ3v) is 6.40. The zero-order valence-electron chi connectivity index (χ0n) is 21.9. The van der Waals surface area contributed by atoms with Crippen LogP contribution in [-0.4, -0.2) is 87.8 Å². The molecule has 1 rings (SSSR count). The molecule has 3 N–H and O–H groups in total. The van der Waals surface area contributed by atoms with Crippen LogP contribution in [0, 0.1) is 17.8 Å². The topological polar surface area (TPSA) is 132 Å². The van der Waals surface area contributed by atoms with E-state index in [0.29, 0.717) is 52.4 Å². The van der Waals surface area contributed by atoms with Gasteiger partial charge in [-0.1, -0.05) is 33.6 Å². The lowest BCUT2D eigenvalue weighted by molar-refractivity contribution is -0.150. The highest BCUT2D eigenvalue weighted by Gasteiger charge is 2.46. The van der Waals surface area contributed by atoms with Gasteiger partial charge in [-0.25, -0.2) is 0 Å². The maximum absolute atomic E-state index is 12.3. The van der Waals surface area contributed by atoms with E-state index in [-0.39, 0.29) is 36.3 Å². The molecular weight excluding hydrogens is 456 g/mol. The maximum atomic E-state index is 12.3. The fourth-order valence-electron chi connectivity index (χ4n) is 4.66. The van der Waals surface area contributed by atoms with E-state index in [4.69, 9.17) is 18.9 Å². The second-order valence-corrected chi connectivity index (χ2v) is 8.95. The van der Waals surface area contributed by atoms with Crippen molar-refractivity contribution in [3.05, 3.63) is 0 Å². The second-order valence-electron chi connectivity index (χ2n) is 8.95. The number of ether oxygens (including phenoxy) is 4. The molecule has 0 radical (unpaired) electrons. The Morgan fingerprint density at radius 3 is 2.06 bits per heavy atom. The van der Waals surface area contributed by atoms with Crippen molar-refractivity contribution in [1.82, 2.24) is 10.6 Å². The Kier molecular flexibility index (Phi) is 16.5. The first kappa shape index (κ1) is 31.3. The van der Waals surface area contributed by atoms with Crippen LogP contribution in [0.15, 0.2) is 0 Å². The molecule has 0 aromatic carbocycles. The van der Waals surface area contributed by atoms with Crippen molar-refractivity contribution in [2.24, 2.45) is 17.8 Å². The smallest absolute Gasteiger partial charge is 0.309 e. The summed E-state index contributed by atoms with van der Waals surface area (Å²) in [6.07, 6.45) is 3.16. The molecule has 0 heterocycles. The Bertz CT molecular complexity index is 614. The number of carboxylic acids is 1. The van der Waals surface area contributed by atoms with Gasteiger partial charge in [0.25, 0.3) is 0 Å². The lowest BCUT2D eigenvalue weighted by Crippen LogP contribution is -2.49. The fraction of sp³-hybridized carbons (Fsp3) is 0.880. The third kappa shape index (κ3) is 12.2. The fourth-order valence-corrected chi connectivity index (χ4v) is 4.66. The van der Waals surface area contributed by atoms with Gasteiger partial charge < -0.3 is 34.7 Å². The molecular formula is C25H46N2O8. The summed E-state index contributed by atoms with van der Waals surface area (Å²) in [6.45, 7) is 10.8. The highest BCUT2D eigenvalue weighted by Crippen LogP contribution is 2.39. The van der Waals surface area contributed by atoms with Crippen LogP contribution in [0.5, 0.6) is 0 Å². The maximum Gasteiger partial charge on any atom is 0.309 e. The number of rotatable bonds is 20. The summed E-state index contributed by atoms with van der Waals surface area (Å²) in [4.78, 5) is 36.0. The standard InChI is InChI=1S/C25H46N2O8/c1-5-11-32-13-15-34-16-14-33-12-10-26-22(29)17-35-24-20(8-9-21(24)25(30)31)23(27-18(4)28)19(6-2)7-3/h19-21,23-24H,5-17H2,1-4H3,(H,26,29)(H,27,28)(H,30,31)/t20-,21+,23-,24+/m1/s1. The predicted octanol–water partition coefficient (Wildman–Crippen LogP) is 2.00. The summed E-state index contributed by atoms with van der Waals surface area (Å²) in [7, 11) is 0. The lowest BCUT2D eigenvalue weighted by atomic mass is 9.82. The average Bonchev–Trinajstić information content (AvgIpc) is 3.25. The van der Waals surface area contributed by atoms with E-state index in [9.17, 15) is 19.5 Å². The van der Waals surface area contributed by atoms with Gasteiger partial charge in [-0.05, 0) is 25.2 Å². The monoisotopic (exact) mass is 502 g/mol. The van der Waals surface area contributed by atoms with Crippen LogP contribution >= 0.6 is 0 Å². The molecule has 0 spiro atoms. The van der Waals surface area contributed by atoms with Gasteiger partial charge in [-0.3, -0.25) is 14.4 Å². The van der Waals surface area contributed by atoms with Crippen LogP contribution in [0.1, 0.15) is 59.8 Å². The molecule has 1 fully saturated rings. The molecule has 4 atom stereocenters. The lowest BCUT2D eigenvalue weighted by Gasteiger charge is -2.35. The normalized spacial score (nSPS) is 20.7. The molecule has 35 heavy (non-hydrogen) atoms. The number of aliphatic carboxylic acids is 1. The SMILES string of the molecule is CCCOCCOCCOCCNC(=O)CO[C@H]1[C@@H]([C@H](NC(C)=O)C(CC)CC)CC[C@@H]1C(=O)O. The van der Waals surface area contributed by atoms with Crippen LogP contribution in [0.25, 0.3) is 0 Å². The number of hydrogen-bond donors (Lipinski definition) is 3. The molecule has 0 aromatic rings. The van der Waals surface area contributed by atoms with Crippen molar-refractivity contribution in [2.45, 2.75) is 71.9 Å². The summed E-state index contributed by atoms with van der Waals surface area (Å²) in [5.74, 6) is -2.06. The first-order valence-electron chi connectivity index (χ1n) is 13.0. The van der Waals surface area contributed by atoms with E-state index in [1.165, 1.54) is 6.92 Å². The van der Waals surface area contributed by atoms with Crippen LogP contribution < -0.4 is 10.6 Å². The van der Waals surface area contributed by atoms with Crippen LogP contribution in [0.3, 0.4) is 0 Å². The Labute approximate surface area is 209 Å². The number of carbonyl (C=O) groups is 3. The number of nitrogens with one attached hydrogen (secondary N) is 2. The molecule has 2 amide bonds. The Balaban J connectivity index is 2.44. The largest absolute Gasteiger partial charge is 0.481 e. The molecule has 1 aliphatic carbocycles. The average molecular weight is 503 g/mol. The van der Waals surface area contributed by atoms with E-state index in [1.807, 2.05) is 0 Å². The van der Waals surface area contributed by atoms with Gasteiger partial charge in [0.05, 0.1) is 45.1 Å². The zero-order valence-corrected chi connectivity index (χ0v) is 21.9. The van der Waals surface area contributed by atoms with Gasteiger partial charge in [-0.15, -0.1) is 0 Å².